The topological polar surface area (TPSA) is 90.9 Å². The molecular weight excluding hydrogens is 184 g/mol. The number of hydrazine groups is 1. The van der Waals surface area contributed by atoms with Gasteiger partial charge in [0.15, 0.2) is 5.82 Å². The second kappa shape index (κ2) is 5.63. The van der Waals surface area contributed by atoms with Gasteiger partial charge in [0.05, 0.1) is 7.05 Å². The van der Waals surface area contributed by atoms with Crippen LogP contribution in [0.5, 0.6) is 0 Å². The van der Waals surface area contributed by atoms with Gasteiger partial charge in [0.25, 0.3) is 0 Å². The Bertz CT molecular complexity index is 262. The normalized spacial score (nSPS) is 13.1. The van der Waals surface area contributed by atoms with E-state index < -0.39 is 0 Å². The maximum atomic E-state index is 5.38. The Kier molecular flexibility index (Phi) is 4.44. The molecule has 14 heavy (non-hydrogen) atoms. The van der Waals surface area contributed by atoms with Crippen LogP contribution >= 0.6 is 0 Å². The van der Waals surface area contributed by atoms with Gasteiger partial charge in [-0.25, -0.2) is 0 Å². The zero-order valence-electron chi connectivity index (χ0n) is 8.47. The summed E-state index contributed by atoms with van der Waals surface area (Å²) in [5, 5.41) is 11.7. The van der Waals surface area contributed by atoms with Crippen molar-refractivity contribution in [2.75, 3.05) is 13.7 Å². The summed E-state index contributed by atoms with van der Waals surface area (Å²) in [4.78, 5) is 1.43. The van der Waals surface area contributed by atoms with Crippen LogP contribution in [-0.2, 0) is 18.2 Å². The third-order valence-corrected chi connectivity index (χ3v) is 1.88. The van der Waals surface area contributed by atoms with Crippen molar-refractivity contribution in [2.45, 2.75) is 18.9 Å². The van der Waals surface area contributed by atoms with E-state index in [-0.39, 0.29) is 6.04 Å². The highest BCUT2D eigenvalue weighted by Crippen LogP contribution is 1.98. The second-order valence-electron chi connectivity index (χ2n) is 3.04. The van der Waals surface area contributed by atoms with Crippen LogP contribution in [0.3, 0.4) is 0 Å². The molecule has 1 heterocycles. The molecule has 1 aromatic rings. The lowest BCUT2D eigenvalue weighted by molar-refractivity contribution is 0.182. The average Bonchev–Trinajstić information content (AvgIpc) is 2.58. The largest absolute Gasteiger partial charge is 0.385 e. The Balaban J connectivity index is 2.40. The van der Waals surface area contributed by atoms with Crippen LogP contribution in [-0.4, -0.2) is 40.0 Å². The van der Waals surface area contributed by atoms with Gasteiger partial charge >= 0.3 is 0 Å². The SMILES string of the molecule is COCCC(Cc1nnn(C)n1)NN. The Labute approximate surface area is 82.6 Å². The monoisotopic (exact) mass is 200 g/mol. The molecule has 0 saturated carbocycles. The van der Waals surface area contributed by atoms with Gasteiger partial charge in [0, 0.05) is 26.2 Å². The van der Waals surface area contributed by atoms with Gasteiger partial charge in [-0.3, -0.25) is 11.3 Å². The molecular formula is C7H16N6O. The lowest BCUT2D eigenvalue weighted by Gasteiger charge is -2.12. The first-order valence-corrected chi connectivity index (χ1v) is 4.44. The van der Waals surface area contributed by atoms with E-state index in [1.165, 1.54) is 4.80 Å². The third kappa shape index (κ3) is 3.36. The summed E-state index contributed by atoms with van der Waals surface area (Å²) in [5.41, 5.74) is 2.70. The minimum Gasteiger partial charge on any atom is -0.385 e. The Hall–Kier alpha value is -1.05. The summed E-state index contributed by atoms with van der Waals surface area (Å²) in [6.07, 6.45) is 1.49. The zero-order chi connectivity index (χ0) is 10.4. The number of hydrogen-bond acceptors (Lipinski definition) is 6. The first-order valence-electron chi connectivity index (χ1n) is 4.44. The molecule has 1 atom stereocenters. The molecule has 0 amide bonds. The first-order chi connectivity index (χ1) is 6.76. The van der Waals surface area contributed by atoms with E-state index in [2.05, 4.69) is 20.8 Å². The molecule has 0 spiro atoms. The number of ether oxygens (including phenoxy) is 1. The highest BCUT2D eigenvalue weighted by Gasteiger charge is 2.10. The fraction of sp³-hybridized carbons (Fsp3) is 0.857. The van der Waals surface area contributed by atoms with E-state index in [1.807, 2.05) is 0 Å². The van der Waals surface area contributed by atoms with E-state index >= 15 is 0 Å². The van der Waals surface area contributed by atoms with Crippen LogP contribution in [0.4, 0.5) is 0 Å². The van der Waals surface area contributed by atoms with Crippen molar-refractivity contribution in [3.8, 4) is 0 Å². The van der Waals surface area contributed by atoms with E-state index in [0.717, 1.165) is 6.42 Å². The number of nitrogens with two attached hydrogens (primary N) is 1. The van der Waals surface area contributed by atoms with E-state index in [1.54, 1.807) is 14.2 Å². The van der Waals surface area contributed by atoms with E-state index in [0.29, 0.717) is 18.9 Å². The maximum Gasteiger partial charge on any atom is 0.176 e. The van der Waals surface area contributed by atoms with Crippen LogP contribution in [0, 0.1) is 0 Å². The van der Waals surface area contributed by atoms with Crippen molar-refractivity contribution in [1.29, 1.82) is 0 Å². The number of hydrogen-bond donors (Lipinski definition) is 2. The summed E-state index contributed by atoms with van der Waals surface area (Å²) < 4.78 is 4.96. The molecule has 3 N–H and O–H groups in total. The maximum absolute atomic E-state index is 5.38. The van der Waals surface area contributed by atoms with Crippen LogP contribution in [0.1, 0.15) is 12.2 Å². The van der Waals surface area contributed by atoms with Gasteiger partial charge in [-0.2, -0.15) is 4.80 Å². The zero-order valence-corrected chi connectivity index (χ0v) is 8.47. The van der Waals surface area contributed by atoms with Gasteiger partial charge < -0.3 is 4.74 Å². The number of methoxy groups -OCH3 is 1. The summed E-state index contributed by atoms with van der Waals surface area (Å²) >= 11 is 0. The summed E-state index contributed by atoms with van der Waals surface area (Å²) in [6.45, 7) is 0.662. The van der Waals surface area contributed by atoms with E-state index in [4.69, 9.17) is 10.6 Å². The molecule has 0 aliphatic carbocycles. The molecule has 0 radical (unpaired) electrons. The van der Waals surface area contributed by atoms with Crippen LogP contribution in [0.15, 0.2) is 0 Å². The minimum absolute atomic E-state index is 0.124. The number of nitrogens with zero attached hydrogens (tertiary/aromatic N) is 4. The van der Waals surface area contributed by atoms with Gasteiger partial charge in [-0.1, -0.05) is 0 Å². The van der Waals surface area contributed by atoms with Crippen molar-refractivity contribution >= 4 is 0 Å². The molecule has 80 valence electrons. The molecule has 1 rings (SSSR count). The summed E-state index contributed by atoms with van der Waals surface area (Å²) in [7, 11) is 3.39. The Morgan fingerprint density at radius 1 is 1.64 bits per heavy atom. The molecule has 1 aromatic heterocycles. The summed E-state index contributed by atoms with van der Waals surface area (Å²) in [6, 6.07) is 0.124. The minimum atomic E-state index is 0.124. The lowest BCUT2D eigenvalue weighted by atomic mass is 10.1. The van der Waals surface area contributed by atoms with Crippen molar-refractivity contribution in [3.63, 3.8) is 0 Å². The number of rotatable bonds is 6. The van der Waals surface area contributed by atoms with Gasteiger partial charge in [-0.15, -0.1) is 10.2 Å². The molecule has 1 unspecified atom stereocenters. The number of aryl methyl sites for hydroxylation is 1. The van der Waals surface area contributed by atoms with Crippen molar-refractivity contribution in [1.82, 2.24) is 25.6 Å². The molecule has 0 aromatic carbocycles. The molecule has 0 aliphatic heterocycles. The second-order valence-corrected chi connectivity index (χ2v) is 3.04. The predicted molar refractivity (Wildman–Crippen MR) is 50.1 cm³/mol. The van der Waals surface area contributed by atoms with E-state index in [9.17, 15) is 0 Å². The van der Waals surface area contributed by atoms with Gasteiger partial charge in [0.2, 0.25) is 0 Å². The van der Waals surface area contributed by atoms with Crippen LogP contribution < -0.4 is 11.3 Å². The highest BCUT2D eigenvalue weighted by atomic mass is 16.5. The van der Waals surface area contributed by atoms with Gasteiger partial charge in [0.1, 0.15) is 0 Å². The smallest absolute Gasteiger partial charge is 0.176 e. The molecule has 0 saturated heterocycles. The molecule has 0 aliphatic rings. The highest BCUT2D eigenvalue weighted by molar-refractivity contribution is 4.83. The van der Waals surface area contributed by atoms with Crippen molar-refractivity contribution in [2.24, 2.45) is 12.9 Å². The molecule has 7 heteroatoms. The molecule has 0 bridgehead atoms. The fourth-order valence-corrected chi connectivity index (χ4v) is 1.13. The fourth-order valence-electron chi connectivity index (χ4n) is 1.13. The standard InChI is InChI=1S/C7H16N6O/c1-13-11-7(10-12-13)5-6(9-8)3-4-14-2/h6,9H,3-5,8H2,1-2H3. The Morgan fingerprint density at radius 3 is 2.93 bits per heavy atom. The van der Waals surface area contributed by atoms with Gasteiger partial charge in [-0.05, 0) is 11.6 Å². The number of nitrogens with one attached hydrogen (secondary N) is 1. The number of aromatic nitrogens is 4. The molecule has 7 nitrogen and oxygen atoms in total. The number of tetrazole rings is 1. The van der Waals surface area contributed by atoms with Crippen LogP contribution in [0.2, 0.25) is 0 Å². The van der Waals surface area contributed by atoms with Crippen LogP contribution in [0.25, 0.3) is 0 Å². The third-order valence-electron chi connectivity index (χ3n) is 1.88. The Morgan fingerprint density at radius 2 is 2.43 bits per heavy atom. The first kappa shape index (κ1) is 11.0. The average molecular weight is 200 g/mol. The molecule has 0 fully saturated rings. The predicted octanol–water partition coefficient (Wildman–Crippen LogP) is -1.38. The quantitative estimate of drug-likeness (QED) is 0.434. The van der Waals surface area contributed by atoms with Crippen molar-refractivity contribution in [3.05, 3.63) is 5.82 Å². The summed E-state index contributed by atoms with van der Waals surface area (Å²) in [5.74, 6) is 6.07. The van der Waals surface area contributed by atoms with Crippen molar-refractivity contribution < 1.29 is 4.74 Å². The lowest BCUT2D eigenvalue weighted by Crippen LogP contribution is -2.37.